The fourth-order valence-corrected chi connectivity index (χ4v) is 1.91. The van der Waals surface area contributed by atoms with Crippen molar-refractivity contribution in [1.82, 2.24) is 14.9 Å². The van der Waals surface area contributed by atoms with E-state index in [1.165, 1.54) is 5.56 Å². The van der Waals surface area contributed by atoms with Crippen LogP contribution in [0.5, 0.6) is 0 Å². The van der Waals surface area contributed by atoms with Crippen molar-refractivity contribution in [2.75, 3.05) is 37.8 Å². The summed E-state index contributed by atoms with van der Waals surface area (Å²) < 4.78 is 0. The molecule has 0 unspecified atom stereocenters. The van der Waals surface area contributed by atoms with Gasteiger partial charge in [0.05, 0.1) is 0 Å². The Kier molecular flexibility index (Phi) is 6.89. The van der Waals surface area contributed by atoms with E-state index in [1.807, 2.05) is 0 Å². The number of likely N-dealkylation sites (N-methyl/N-ethyl adjacent to an activating group) is 1. The molecule has 0 atom stereocenters. The third-order valence-electron chi connectivity index (χ3n) is 3.89. The van der Waals surface area contributed by atoms with Gasteiger partial charge in [-0.2, -0.15) is 0 Å². The van der Waals surface area contributed by atoms with Gasteiger partial charge in [-0.05, 0) is 40.8 Å². The second-order valence-corrected chi connectivity index (χ2v) is 6.29. The number of hydrogen-bond acceptors (Lipinski definition) is 5. The molecule has 1 rings (SSSR count). The van der Waals surface area contributed by atoms with Gasteiger partial charge in [-0.25, -0.2) is 9.97 Å². The summed E-state index contributed by atoms with van der Waals surface area (Å²) in [5, 5.41) is 6.91. The molecule has 2 N–H and O–H groups in total. The fourth-order valence-electron chi connectivity index (χ4n) is 1.91. The maximum absolute atomic E-state index is 4.45. The normalized spacial score (nSPS) is 11.8. The highest BCUT2D eigenvalue weighted by Crippen LogP contribution is 2.22. The Morgan fingerprint density at radius 3 is 2.19 bits per heavy atom. The van der Waals surface area contributed by atoms with E-state index in [0.717, 1.165) is 44.0 Å². The number of anilines is 2. The molecule has 0 aliphatic rings. The van der Waals surface area contributed by atoms with Crippen LogP contribution in [-0.4, -0.2) is 47.6 Å². The SMILES string of the molecule is CCCNc1ncnc(NCC(C)(C)N(C)C)c1CCC. The van der Waals surface area contributed by atoms with Gasteiger partial charge in [0.25, 0.3) is 0 Å². The zero-order chi connectivity index (χ0) is 15.9. The van der Waals surface area contributed by atoms with E-state index >= 15 is 0 Å². The van der Waals surface area contributed by atoms with Gasteiger partial charge in [0, 0.05) is 24.2 Å². The van der Waals surface area contributed by atoms with Crippen LogP contribution in [0.4, 0.5) is 11.6 Å². The number of hydrogen-bond donors (Lipinski definition) is 2. The van der Waals surface area contributed by atoms with Crippen molar-refractivity contribution in [2.45, 2.75) is 52.5 Å². The summed E-state index contributed by atoms with van der Waals surface area (Å²) in [4.78, 5) is 11.1. The summed E-state index contributed by atoms with van der Waals surface area (Å²) in [5.41, 5.74) is 1.27. The lowest BCUT2D eigenvalue weighted by Crippen LogP contribution is -2.44. The highest BCUT2D eigenvalue weighted by Gasteiger charge is 2.21. The van der Waals surface area contributed by atoms with E-state index in [4.69, 9.17) is 0 Å². The lowest BCUT2D eigenvalue weighted by atomic mass is 10.0. The van der Waals surface area contributed by atoms with Crippen LogP contribution in [-0.2, 0) is 6.42 Å². The first-order chi connectivity index (χ1) is 9.92. The fraction of sp³-hybridized carbons (Fsp3) is 0.750. The van der Waals surface area contributed by atoms with Crippen molar-refractivity contribution < 1.29 is 0 Å². The minimum Gasteiger partial charge on any atom is -0.370 e. The molecule has 5 nitrogen and oxygen atoms in total. The topological polar surface area (TPSA) is 53.1 Å². The molecule has 0 aliphatic carbocycles. The minimum atomic E-state index is 0.0748. The van der Waals surface area contributed by atoms with E-state index in [9.17, 15) is 0 Å². The molecule has 0 spiro atoms. The van der Waals surface area contributed by atoms with Crippen LogP contribution in [0.3, 0.4) is 0 Å². The molecule has 0 saturated carbocycles. The van der Waals surface area contributed by atoms with Crippen LogP contribution in [0.2, 0.25) is 0 Å². The summed E-state index contributed by atoms with van der Waals surface area (Å²) in [6.45, 7) is 10.6. The van der Waals surface area contributed by atoms with Crippen molar-refractivity contribution in [3.8, 4) is 0 Å². The number of aromatic nitrogens is 2. The van der Waals surface area contributed by atoms with Crippen molar-refractivity contribution in [1.29, 1.82) is 0 Å². The minimum absolute atomic E-state index is 0.0748. The van der Waals surface area contributed by atoms with Crippen LogP contribution < -0.4 is 10.6 Å². The first-order valence-electron chi connectivity index (χ1n) is 7.91. The molecule has 0 aliphatic heterocycles. The largest absolute Gasteiger partial charge is 0.370 e. The summed E-state index contributed by atoms with van der Waals surface area (Å²) >= 11 is 0. The van der Waals surface area contributed by atoms with E-state index < -0.39 is 0 Å². The Balaban J connectivity index is 2.90. The Hall–Kier alpha value is -1.36. The average Bonchev–Trinajstić information content (AvgIpc) is 2.44. The van der Waals surface area contributed by atoms with Gasteiger partial charge in [-0.3, -0.25) is 0 Å². The molecule has 0 amide bonds. The van der Waals surface area contributed by atoms with Crippen LogP contribution in [0.1, 0.15) is 46.1 Å². The molecule has 0 bridgehead atoms. The molecule has 5 heteroatoms. The number of nitrogens with zero attached hydrogens (tertiary/aromatic N) is 3. The molecular weight excluding hydrogens is 262 g/mol. The van der Waals surface area contributed by atoms with Crippen LogP contribution >= 0.6 is 0 Å². The van der Waals surface area contributed by atoms with Crippen molar-refractivity contribution >= 4 is 11.6 Å². The highest BCUT2D eigenvalue weighted by atomic mass is 15.2. The van der Waals surface area contributed by atoms with E-state index in [2.05, 4.69) is 67.3 Å². The monoisotopic (exact) mass is 293 g/mol. The molecule has 0 radical (unpaired) electrons. The Morgan fingerprint density at radius 1 is 1.05 bits per heavy atom. The quantitative estimate of drug-likeness (QED) is 0.733. The molecule has 120 valence electrons. The van der Waals surface area contributed by atoms with Crippen molar-refractivity contribution in [3.05, 3.63) is 11.9 Å². The van der Waals surface area contributed by atoms with Crippen LogP contribution in [0, 0.1) is 0 Å². The Labute approximate surface area is 129 Å². The molecule has 1 heterocycles. The smallest absolute Gasteiger partial charge is 0.134 e. The first-order valence-corrected chi connectivity index (χ1v) is 7.91. The van der Waals surface area contributed by atoms with Gasteiger partial charge in [-0.15, -0.1) is 0 Å². The number of nitrogens with one attached hydrogen (secondary N) is 2. The van der Waals surface area contributed by atoms with Gasteiger partial charge < -0.3 is 15.5 Å². The van der Waals surface area contributed by atoms with Gasteiger partial charge in [0.15, 0.2) is 0 Å². The second-order valence-electron chi connectivity index (χ2n) is 6.29. The van der Waals surface area contributed by atoms with E-state index in [0.29, 0.717) is 0 Å². The average molecular weight is 293 g/mol. The van der Waals surface area contributed by atoms with Crippen molar-refractivity contribution in [3.63, 3.8) is 0 Å². The molecule has 1 aromatic rings. The second kappa shape index (κ2) is 8.17. The number of rotatable bonds is 9. The summed E-state index contributed by atoms with van der Waals surface area (Å²) in [6.07, 6.45) is 4.80. The summed E-state index contributed by atoms with van der Waals surface area (Å²) in [6, 6.07) is 0. The zero-order valence-electron chi connectivity index (χ0n) is 14.5. The van der Waals surface area contributed by atoms with E-state index in [1.54, 1.807) is 6.33 Å². The van der Waals surface area contributed by atoms with Gasteiger partial charge >= 0.3 is 0 Å². The standard InChI is InChI=1S/C16H31N5/c1-7-9-13-14(17-10-8-2)19-12-20-15(13)18-11-16(3,4)21(5)6/h12H,7-11H2,1-6H3,(H2,17,18,19,20). The third-order valence-corrected chi connectivity index (χ3v) is 3.89. The predicted octanol–water partition coefficient (Wildman–Crippen LogP) is 3.00. The first kappa shape index (κ1) is 17.7. The van der Waals surface area contributed by atoms with E-state index in [-0.39, 0.29) is 5.54 Å². The Bertz CT molecular complexity index is 429. The molecular formula is C16H31N5. The lowest BCUT2D eigenvalue weighted by Gasteiger charge is -2.33. The van der Waals surface area contributed by atoms with Crippen molar-refractivity contribution in [2.24, 2.45) is 0 Å². The Morgan fingerprint density at radius 2 is 1.67 bits per heavy atom. The van der Waals surface area contributed by atoms with Crippen LogP contribution in [0.15, 0.2) is 6.33 Å². The molecule has 0 fully saturated rings. The summed E-state index contributed by atoms with van der Waals surface area (Å²) in [7, 11) is 4.20. The molecule has 0 aromatic carbocycles. The lowest BCUT2D eigenvalue weighted by molar-refractivity contribution is 0.210. The zero-order valence-corrected chi connectivity index (χ0v) is 14.5. The summed E-state index contributed by atoms with van der Waals surface area (Å²) in [5.74, 6) is 1.93. The maximum Gasteiger partial charge on any atom is 0.134 e. The molecule has 0 saturated heterocycles. The highest BCUT2D eigenvalue weighted by molar-refractivity contribution is 5.57. The maximum atomic E-state index is 4.45. The molecule has 21 heavy (non-hydrogen) atoms. The molecule has 1 aromatic heterocycles. The van der Waals surface area contributed by atoms with Gasteiger partial charge in [0.1, 0.15) is 18.0 Å². The third kappa shape index (κ3) is 5.16. The van der Waals surface area contributed by atoms with Crippen LogP contribution in [0.25, 0.3) is 0 Å². The van der Waals surface area contributed by atoms with Gasteiger partial charge in [0.2, 0.25) is 0 Å². The predicted molar refractivity (Wildman–Crippen MR) is 91.1 cm³/mol. The van der Waals surface area contributed by atoms with Gasteiger partial charge in [-0.1, -0.05) is 20.3 Å².